The van der Waals surface area contributed by atoms with Crippen LogP contribution in [0.3, 0.4) is 0 Å². The predicted octanol–water partition coefficient (Wildman–Crippen LogP) is 2.94. The van der Waals surface area contributed by atoms with Crippen molar-refractivity contribution < 1.29 is 0 Å². The molecule has 0 bridgehead atoms. The second-order valence-corrected chi connectivity index (χ2v) is 3.99. The van der Waals surface area contributed by atoms with Crippen molar-refractivity contribution in [1.29, 1.82) is 0 Å². The van der Waals surface area contributed by atoms with E-state index >= 15 is 0 Å². The van der Waals surface area contributed by atoms with Crippen molar-refractivity contribution >= 4 is 11.8 Å². The van der Waals surface area contributed by atoms with Crippen LogP contribution in [0.4, 0.5) is 0 Å². The molecule has 0 amide bonds. The van der Waals surface area contributed by atoms with Crippen LogP contribution in [0.1, 0.15) is 5.56 Å². The van der Waals surface area contributed by atoms with E-state index in [0.717, 1.165) is 5.16 Å². The second kappa shape index (κ2) is 4.24. The van der Waals surface area contributed by atoms with E-state index in [4.69, 9.17) is 0 Å². The zero-order valence-electron chi connectivity index (χ0n) is 7.84. The highest BCUT2D eigenvalue weighted by atomic mass is 32.2. The molecule has 70 valence electrons. The Balaban J connectivity index is 2.16. The first-order chi connectivity index (χ1) is 6.84. The fourth-order valence-corrected chi connectivity index (χ4v) is 1.76. The maximum Gasteiger partial charge on any atom is 0.192 e. The number of aryl methyl sites for hydroxylation is 1. The van der Waals surface area contributed by atoms with Crippen LogP contribution in [-0.2, 0) is 0 Å². The lowest BCUT2D eigenvalue weighted by Gasteiger charge is -1.99. The molecular weight excluding hydrogens is 192 g/mol. The molecular formula is C11H10N2S. The van der Waals surface area contributed by atoms with Crippen molar-refractivity contribution in [2.45, 2.75) is 17.0 Å². The van der Waals surface area contributed by atoms with Crippen LogP contribution < -0.4 is 0 Å². The Kier molecular flexibility index (Phi) is 2.79. The number of benzene rings is 1. The Bertz CT molecular complexity index is 397. The molecule has 0 unspecified atom stereocenters. The largest absolute Gasteiger partial charge is 0.231 e. The van der Waals surface area contributed by atoms with Gasteiger partial charge >= 0.3 is 0 Å². The standard InChI is InChI=1S/C11H10N2S/c1-9-3-5-10(6-4-9)14-11-12-7-2-8-13-11/h2-8H,1H3. The molecule has 2 nitrogen and oxygen atoms in total. The monoisotopic (exact) mass is 202 g/mol. The van der Waals surface area contributed by atoms with Gasteiger partial charge in [-0.2, -0.15) is 0 Å². The van der Waals surface area contributed by atoms with Gasteiger partial charge in [-0.1, -0.05) is 17.7 Å². The normalized spacial score (nSPS) is 10.1. The lowest BCUT2D eigenvalue weighted by Crippen LogP contribution is -1.82. The summed E-state index contributed by atoms with van der Waals surface area (Å²) < 4.78 is 0. The molecule has 3 heteroatoms. The van der Waals surface area contributed by atoms with Gasteiger partial charge in [0.25, 0.3) is 0 Å². The molecule has 1 aromatic heterocycles. The fraction of sp³-hybridized carbons (Fsp3) is 0.0909. The zero-order chi connectivity index (χ0) is 9.80. The van der Waals surface area contributed by atoms with E-state index in [9.17, 15) is 0 Å². The molecule has 2 aromatic rings. The van der Waals surface area contributed by atoms with Crippen molar-refractivity contribution in [3.8, 4) is 0 Å². The molecule has 0 N–H and O–H groups in total. The number of hydrogen-bond acceptors (Lipinski definition) is 3. The first kappa shape index (κ1) is 9.21. The fourth-order valence-electron chi connectivity index (χ4n) is 1.05. The number of nitrogens with zero attached hydrogens (tertiary/aromatic N) is 2. The van der Waals surface area contributed by atoms with Gasteiger partial charge in [-0.25, -0.2) is 9.97 Å². The molecule has 0 saturated carbocycles. The lowest BCUT2D eigenvalue weighted by molar-refractivity contribution is 0.967. The van der Waals surface area contributed by atoms with Gasteiger partial charge in [-0.15, -0.1) is 0 Å². The summed E-state index contributed by atoms with van der Waals surface area (Å²) in [6.07, 6.45) is 3.51. The second-order valence-electron chi connectivity index (χ2n) is 2.95. The molecule has 0 aliphatic rings. The minimum Gasteiger partial charge on any atom is -0.231 e. The lowest BCUT2D eigenvalue weighted by atomic mass is 10.2. The Morgan fingerprint density at radius 1 is 1.00 bits per heavy atom. The van der Waals surface area contributed by atoms with E-state index in [1.54, 1.807) is 24.2 Å². The van der Waals surface area contributed by atoms with E-state index in [1.807, 2.05) is 6.07 Å². The quantitative estimate of drug-likeness (QED) is 0.700. The summed E-state index contributed by atoms with van der Waals surface area (Å²) >= 11 is 1.57. The van der Waals surface area contributed by atoms with Crippen LogP contribution >= 0.6 is 11.8 Å². The summed E-state index contributed by atoms with van der Waals surface area (Å²) in [5, 5.41) is 0.788. The van der Waals surface area contributed by atoms with Crippen LogP contribution in [0.25, 0.3) is 0 Å². The molecule has 0 aliphatic carbocycles. The van der Waals surface area contributed by atoms with Crippen molar-refractivity contribution in [3.05, 3.63) is 48.3 Å². The molecule has 0 aliphatic heterocycles. The SMILES string of the molecule is Cc1ccc(Sc2ncccn2)cc1. The highest BCUT2D eigenvalue weighted by molar-refractivity contribution is 7.99. The summed E-state index contributed by atoms with van der Waals surface area (Å²) in [5.41, 5.74) is 1.27. The third kappa shape index (κ3) is 2.33. The first-order valence-electron chi connectivity index (χ1n) is 4.36. The van der Waals surface area contributed by atoms with Crippen molar-refractivity contribution in [3.63, 3.8) is 0 Å². The van der Waals surface area contributed by atoms with Crippen LogP contribution in [0.15, 0.2) is 52.8 Å². The van der Waals surface area contributed by atoms with Crippen LogP contribution in [0, 0.1) is 6.92 Å². The zero-order valence-corrected chi connectivity index (χ0v) is 8.66. The molecule has 14 heavy (non-hydrogen) atoms. The minimum atomic E-state index is 0.788. The van der Waals surface area contributed by atoms with Crippen LogP contribution in [0.5, 0.6) is 0 Å². The highest BCUT2D eigenvalue weighted by Crippen LogP contribution is 2.23. The van der Waals surface area contributed by atoms with Crippen LogP contribution in [0.2, 0.25) is 0 Å². The van der Waals surface area contributed by atoms with Crippen molar-refractivity contribution in [1.82, 2.24) is 9.97 Å². The Morgan fingerprint density at radius 3 is 2.29 bits per heavy atom. The summed E-state index contributed by atoms with van der Waals surface area (Å²) in [7, 11) is 0. The van der Waals surface area contributed by atoms with Gasteiger partial charge in [-0.05, 0) is 36.9 Å². The first-order valence-corrected chi connectivity index (χ1v) is 5.18. The van der Waals surface area contributed by atoms with Crippen LogP contribution in [-0.4, -0.2) is 9.97 Å². The van der Waals surface area contributed by atoms with Gasteiger partial charge in [0, 0.05) is 17.3 Å². The summed E-state index contributed by atoms with van der Waals surface area (Å²) in [4.78, 5) is 9.46. The maximum atomic E-state index is 4.15. The van der Waals surface area contributed by atoms with Gasteiger partial charge in [0.05, 0.1) is 0 Å². The predicted molar refractivity (Wildman–Crippen MR) is 57.3 cm³/mol. The van der Waals surface area contributed by atoms with Gasteiger partial charge < -0.3 is 0 Å². The summed E-state index contributed by atoms with van der Waals surface area (Å²) in [5.74, 6) is 0. The molecule has 1 aromatic carbocycles. The van der Waals surface area contributed by atoms with E-state index in [2.05, 4.69) is 41.2 Å². The number of rotatable bonds is 2. The summed E-state index contributed by atoms with van der Waals surface area (Å²) in [6, 6.07) is 10.2. The Labute approximate surface area is 87.4 Å². The Hall–Kier alpha value is -1.35. The minimum absolute atomic E-state index is 0.788. The van der Waals surface area contributed by atoms with Gasteiger partial charge in [-0.3, -0.25) is 0 Å². The molecule has 1 heterocycles. The molecule has 0 spiro atoms. The Morgan fingerprint density at radius 2 is 1.64 bits per heavy atom. The number of aromatic nitrogens is 2. The molecule has 0 saturated heterocycles. The molecule has 0 radical (unpaired) electrons. The average molecular weight is 202 g/mol. The highest BCUT2D eigenvalue weighted by Gasteiger charge is 1.97. The molecule has 2 rings (SSSR count). The smallest absolute Gasteiger partial charge is 0.192 e. The molecule has 0 fully saturated rings. The van der Waals surface area contributed by atoms with Gasteiger partial charge in [0.15, 0.2) is 5.16 Å². The summed E-state index contributed by atoms with van der Waals surface area (Å²) in [6.45, 7) is 2.08. The van der Waals surface area contributed by atoms with E-state index < -0.39 is 0 Å². The van der Waals surface area contributed by atoms with E-state index in [1.165, 1.54) is 10.5 Å². The third-order valence-corrected chi connectivity index (χ3v) is 2.67. The maximum absolute atomic E-state index is 4.15. The van der Waals surface area contributed by atoms with E-state index in [0.29, 0.717) is 0 Å². The molecule has 0 atom stereocenters. The van der Waals surface area contributed by atoms with Crippen molar-refractivity contribution in [2.24, 2.45) is 0 Å². The topological polar surface area (TPSA) is 25.8 Å². The van der Waals surface area contributed by atoms with Gasteiger partial charge in [0.2, 0.25) is 0 Å². The number of hydrogen-bond donors (Lipinski definition) is 0. The van der Waals surface area contributed by atoms with Crippen molar-refractivity contribution in [2.75, 3.05) is 0 Å². The van der Waals surface area contributed by atoms with E-state index in [-0.39, 0.29) is 0 Å². The van der Waals surface area contributed by atoms with Gasteiger partial charge in [0.1, 0.15) is 0 Å². The third-order valence-electron chi connectivity index (χ3n) is 1.77. The average Bonchev–Trinajstić information content (AvgIpc) is 2.23.